The maximum Gasteiger partial charge on any atom is 0.322 e. The molecule has 0 atom stereocenters. The molecule has 0 saturated carbocycles. The molecule has 1 amide bonds. The summed E-state index contributed by atoms with van der Waals surface area (Å²) in [4.78, 5) is 23.3. The number of aromatic nitrogens is 2. The number of hydrogen-bond donors (Lipinski definition) is 1. The van der Waals surface area contributed by atoms with Crippen molar-refractivity contribution < 1.29 is 23.2 Å². The fraction of sp³-hybridized carbons (Fsp3) is 0.176. The number of esters is 1. The van der Waals surface area contributed by atoms with Gasteiger partial charge in [-0.15, -0.1) is 5.10 Å². The Bertz CT molecular complexity index is 827. The van der Waals surface area contributed by atoms with Crippen LogP contribution in [0.3, 0.4) is 0 Å². The van der Waals surface area contributed by atoms with Crippen LogP contribution in [0.2, 0.25) is 0 Å². The average Bonchev–Trinajstić information content (AvgIpc) is 3.31. The number of rotatable bonds is 7. The van der Waals surface area contributed by atoms with Crippen LogP contribution in [-0.2, 0) is 20.7 Å². The van der Waals surface area contributed by atoms with Crippen molar-refractivity contribution in [2.75, 3.05) is 11.9 Å². The van der Waals surface area contributed by atoms with Crippen LogP contribution in [0.1, 0.15) is 12.2 Å². The lowest BCUT2D eigenvalue weighted by Gasteiger charge is -2.03. The predicted octanol–water partition coefficient (Wildman–Crippen LogP) is 2.44. The van der Waals surface area contributed by atoms with E-state index in [2.05, 4.69) is 15.5 Å². The number of furan rings is 1. The summed E-state index contributed by atoms with van der Waals surface area (Å²) in [6.07, 6.45) is 2.07. The molecule has 2 heterocycles. The Hall–Kier alpha value is -3.42. The van der Waals surface area contributed by atoms with Gasteiger partial charge in [-0.25, -0.2) is 0 Å². The first kappa shape index (κ1) is 16.4. The fourth-order valence-electron chi connectivity index (χ4n) is 2.02. The van der Waals surface area contributed by atoms with Crippen molar-refractivity contribution in [1.82, 2.24) is 10.2 Å². The van der Waals surface area contributed by atoms with E-state index < -0.39 is 18.5 Å². The second-order valence-corrected chi connectivity index (χ2v) is 5.07. The highest BCUT2D eigenvalue weighted by Crippen LogP contribution is 2.18. The third-order valence-corrected chi connectivity index (χ3v) is 3.21. The molecule has 0 bridgehead atoms. The highest BCUT2D eigenvalue weighted by molar-refractivity contribution is 5.90. The Labute approximate surface area is 142 Å². The summed E-state index contributed by atoms with van der Waals surface area (Å²) in [5.74, 6) is -0.0938. The molecule has 8 heteroatoms. The van der Waals surface area contributed by atoms with E-state index in [0.717, 1.165) is 5.56 Å². The van der Waals surface area contributed by atoms with Gasteiger partial charge in [0.15, 0.2) is 6.61 Å². The van der Waals surface area contributed by atoms with E-state index in [1.807, 2.05) is 18.2 Å². The van der Waals surface area contributed by atoms with E-state index in [-0.39, 0.29) is 18.3 Å². The molecule has 3 aromatic rings. The molecular weight excluding hydrogens is 326 g/mol. The minimum atomic E-state index is -0.561. The maximum atomic E-state index is 11.8. The summed E-state index contributed by atoms with van der Waals surface area (Å²) in [5.41, 5.74) is 0.736. The minimum absolute atomic E-state index is 0.0597. The molecule has 0 radical (unpaired) electrons. The lowest BCUT2D eigenvalue weighted by Crippen LogP contribution is -2.21. The molecular formula is C17H15N3O5. The molecule has 0 spiro atoms. The van der Waals surface area contributed by atoms with Crippen LogP contribution in [0.4, 0.5) is 6.01 Å². The maximum absolute atomic E-state index is 11.8. The minimum Gasteiger partial charge on any atom is -0.469 e. The van der Waals surface area contributed by atoms with E-state index >= 15 is 0 Å². The number of aryl methyl sites for hydroxylation is 1. The summed E-state index contributed by atoms with van der Waals surface area (Å²) >= 11 is 0. The number of hydrogen-bond acceptors (Lipinski definition) is 7. The Morgan fingerprint density at radius 3 is 2.68 bits per heavy atom. The Kier molecular flexibility index (Phi) is 5.20. The molecule has 3 rings (SSSR count). The number of nitrogens with one attached hydrogen (secondary N) is 1. The van der Waals surface area contributed by atoms with Crippen molar-refractivity contribution in [2.24, 2.45) is 0 Å². The highest BCUT2D eigenvalue weighted by Gasteiger charge is 2.13. The number of carbonyl (C=O) groups excluding carboxylic acids is 2. The monoisotopic (exact) mass is 341 g/mol. The van der Waals surface area contributed by atoms with Crippen LogP contribution in [0.25, 0.3) is 11.5 Å². The fourth-order valence-corrected chi connectivity index (χ4v) is 2.02. The van der Waals surface area contributed by atoms with Gasteiger partial charge in [0.05, 0.1) is 12.7 Å². The second-order valence-electron chi connectivity index (χ2n) is 5.07. The number of amides is 1. The number of anilines is 1. The number of benzene rings is 1. The Morgan fingerprint density at radius 2 is 1.92 bits per heavy atom. The van der Waals surface area contributed by atoms with Gasteiger partial charge in [0.2, 0.25) is 5.89 Å². The van der Waals surface area contributed by atoms with Crippen molar-refractivity contribution in [3.63, 3.8) is 0 Å². The number of ether oxygens (including phenoxy) is 1. The normalized spacial score (nSPS) is 10.4. The third-order valence-electron chi connectivity index (χ3n) is 3.21. The van der Waals surface area contributed by atoms with Crippen LogP contribution in [0.15, 0.2) is 57.6 Å². The first-order chi connectivity index (χ1) is 12.2. The summed E-state index contributed by atoms with van der Waals surface area (Å²) < 4.78 is 15.3. The van der Waals surface area contributed by atoms with Gasteiger partial charge in [0.25, 0.3) is 5.91 Å². The van der Waals surface area contributed by atoms with Gasteiger partial charge in [-0.05, 0) is 24.3 Å². The van der Waals surface area contributed by atoms with Gasteiger partial charge < -0.3 is 13.6 Å². The Balaban J connectivity index is 1.43. The smallest absolute Gasteiger partial charge is 0.322 e. The van der Waals surface area contributed by atoms with Crippen LogP contribution in [0, 0.1) is 0 Å². The van der Waals surface area contributed by atoms with Crippen LogP contribution in [0.5, 0.6) is 0 Å². The highest BCUT2D eigenvalue weighted by atomic mass is 16.5. The van der Waals surface area contributed by atoms with Crippen molar-refractivity contribution in [3.05, 3.63) is 54.5 Å². The largest absolute Gasteiger partial charge is 0.469 e. The van der Waals surface area contributed by atoms with E-state index in [1.54, 1.807) is 24.3 Å². The van der Waals surface area contributed by atoms with Gasteiger partial charge in [-0.1, -0.05) is 23.3 Å². The topological polar surface area (TPSA) is 107 Å². The summed E-state index contributed by atoms with van der Waals surface area (Å²) in [6, 6.07) is 12.6. The first-order valence-electron chi connectivity index (χ1n) is 7.57. The van der Waals surface area contributed by atoms with Crippen molar-refractivity contribution in [1.29, 1.82) is 0 Å². The molecule has 0 aliphatic carbocycles. The molecule has 0 aliphatic heterocycles. The van der Waals surface area contributed by atoms with Crippen molar-refractivity contribution >= 4 is 17.9 Å². The SMILES string of the molecule is O=C(COC(=O)CCc1ccco1)Nc1nnc(-c2ccccc2)o1. The Morgan fingerprint density at radius 1 is 1.08 bits per heavy atom. The standard InChI is InChI=1S/C17H15N3O5/c21-14(11-24-15(22)9-8-13-7-4-10-23-13)18-17-20-19-16(25-17)12-5-2-1-3-6-12/h1-7,10H,8-9,11H2,(H,18,20,21). The molecule has 0 saturated heterocycles. The van der Waals surface area contributed by atoms with Gasteiger partial charge >= 0.3 is 12.0 Å². The summed E-state index contributed by atoms with van der Waals surface area (Å²) in [6.45, 7) is -0.431. The molecule has 128 valence electrons. The van der Waals surface area contributed by atoms with Gasteiger partial charge in [0, 0.05) is 12.0 Å². The van der Waals surface area contributed by atoms with E-state index in [0.29, 0.717) is 12.2 Å². The zero-order valence-electron chi connectivity index (χ0n) is 13.2. The van der Waals surface area contributed by atoms with Crippen LogP contribution >= 0.6 is 0 Å². The number of carbonyl (C=O) groups is 2. The quantitative estimate of drug-likeness (QED) is 0.658. The summed E-state index contributed by atoms with van der Waals surface area (Å²) in [7, 11) is 0. The lowest BCUT2D eigenvalue weighted by molar-refractivity contribution is -0.147. The molecule has 0 fully saturated rings. The molecule has 0 aliphatic rings. The zero-order chi connectivity index (χ0) is 17.5. The average molecular weight is 341 g/mol. The molecule has 2 aromatic heterocycles. The van der Waals surface area contributed by atoms with Crippen molar-refractivity contribution in [2.45, 2.75) is 12.8 Å². The van der Waals surface area contributed by atoms with Gasteiger partial charge in [0.1, 0.15) is 5.76 Å². The molecule has 8 nitrogen and oxygen atoms in total. The molecule has 0 unspecified atom stereocenters. The predicted molar refractivity (Wildman–Crippen MR) is 86.4 cm³/mol. The second kappa shape index (κ2) is 7.91. The van der Waals surface area contributed by atoms with Gasteiger partial charge in [-0.2, -0.15) is 0 Å². The van der Waals surface area contributed by atoms with E-state index in [9.17, 15) is 9.59 Å². The van der Waals surface area contributed by atoms with E-state index in [4.69, 9.17) is 13.6 Å². The third kappa shape index (κ3) is 4.77. The number of nitrogens with zero attached hydrogens (tertiary/aromatic N) is 2. The lowest BCUT2D eigenvalue weighted by atomic mass is 10.2. The molecule has 1 N–H and O–H groups in total. The van der Waals surface area contributed by atoms with Crippen molar-refractivity contribution in [3.8, 4) is 11.5 Å². The first-order valence-corrected chi connectivity index (χ1v) is 7.57. The molecule has 25 heavy (non-hydrogen) atoms. The zero-order valence-corrected chi connectivity index (χ0v) is 13.2. The summed E-state index contributed by atoms with van der Waals surface area (Å²) in [5, 5.41) is 9.95. The van der Waals surface area contributed by atoms with Crippen LogP contribution < -0.4 is 5.32 Å². The molecule has 1 aromatic carbocycles. The van der Waals surface area contributed by atoms with E-state index in [1.165, 1.54) is 6.26 Å². The van der Waals surface area contributed by atoms with Gasteiger partial charge in [-0.3, -0.25) is 14.9 Å². The van der Waals surface area contributed by atoms with Crippen LogP contribution in [-0.4, -0.2) is 28.7 Å².